The zero-order chi connectivity index (χ0) is 25.7. The van der Waals surface area contributed by atoms with E-state index in [2.05, 4.69) is 25.2 Å². The van der Waals surface area contributed by atoms with E-state index in [1.165, 1.54) is 18.5 Å². The van der Waals surface area contributed by atoms with Crippen molar-refractivity contribution in [3.63, 3.8) is 0 Å². The first-order chi connectivity index (χ1) is 17.2. The van der Waals surface area contributed by atoms with Crippen LogP contribution in [0.2, 0.25) is 0 Å². The van der Waals surface area contributed by atoms with Gasteiger partial charge in [-0.2, -0.15) is 13.8 Å². The average Bonchev–Trinajstić information content (AvgIpc) is 2.88. The van der Waals surface area contributed by atoms with Gasteiger partial charge in [0.05, 0.1) is 31.7 Å². The Balaban J connectivity index is 1.64. The van der Waals surface area contributed by atoms with Crippen molar-refractivity contribution < 1.29 is 28.2 Å². The zero-order valence-electron chi connectivity index (χ0n) is 20.0. The lowest BCUT2D eigenvalue weighted by atomic mass is 10.0. The predicted octanol–water partition coefficient (Wildman–Crippen LogP) is 3.42. The van der Waals surface area contributed by atoms with Crippen molar-refractivity contribution in [2.75, 3.05) is 49.7 Å². The molecule has 1 fully saturated rings. The van der Waals surface area contributed by atoms with E-state index in [0.717, 1.165) is 24.1 Å². The van der Waals surface area contributed by atoms with Crippen molar-refractivity contribution in [3.8, 4) is 17.0 Å². The third kappa shape index (κ3) is 6.10. The molecule has 0 unspecified atom stereocenters. The summed E-state index contributed by atoms with van der Waals surface area (Å²) in [6.07, 6.45) is 2.68. The molecule has 9 nitrogen and oxygen atoms in total. The normalized spacial score (nSPS) is 14.0. The minimum Gasteiger partial charge on any atom is -0.475 e. The molecular weight excluding hydrogens is 472 g/mol. The molecule has 1 aliphatic heterocycles. The zero-order valence-corrected chi connectivity index (χ0v) is 20.0. The van der Waals surface area contributed by atoms with Crippen molar-refractivity contribution in [1.29, 1.82) is 0 Å². The molecule has 36 heavy (non-hydrogen) atoms. The molecule has 0 atom stereocenters. The number of aromatic nitrogens is 3. The van der Waals surface area contributed by atoms with Crippen LogP contribution in [0.3, 0.4) is 0 Å². The molecule has 3 aromatic rings. The number of nitrogens with one attached hydrogen (secondary N) is 1. The Bertz CT molecular complexity index is 1230. The van der Waals surface area contributed by atoms with Crippen LogP contribution < -0.4 is 15.0 Å². The van der Waals surface area contributed by atoms with Crippen molar-refractivity contribution in [2.45, 2.75) is 19.8 Å². The second kappa shape index (κ2) is 10.9. The lowest BCUT2D eigenvalue weighted by Crippen LogP contribution is -2.36. The number of hydrogen-bond donors (Lipinski definition) is 2. The maximum Gasteiger partial charge on any atom is 0.286 e. The van der Waals surface area contributed by atoms with Crippen LogP contribution in [0.4, 0.5) is 20.3 Å². The number of halogens is 2. The Morgan fingerprint density at radius 1 is 1.22 bits per heavy atom. The van der Waals surface area contributed by atoms with E-state index in [4.69, 9.17) is 9.47 Å². The minimum atomic E-state index is -3.16. The van der Waals surface area contributed by atoms with E-state index in [-0.39, 0.29) is 18.8 Å². The Morgan fingerprint density at radius 2 is 2.00 bits per heavy atom. The number of amides is 1. The maximum atomic E-state index is 13.6. The number of alkyl halides is 2. The summed E-state index contributed by atoms with van der Waals surface area (Å²) >= 11 is 0. The van der Waals surface area contributed by atoms with Crippen LogP contribution in [0, 0.1) is 6.92 Å². The van der Waals surface area contributed by atoms with Crippen LogP contribution in [0.15, 0.2) is 42.7 Å². The molecule has 0 bridgehead atoms. The van der Waals surface area contributed by atoms with E-state index in [1.54, 1.807) is 12.1 Å². The largest absolute Gasteiger partial charge is 0.475 e. The smallest absolute Gasteiger partial charge is 0.286 e. The van der Waals surface area contributed by atoms with Gasteiger partial charge in [0.2, 0.25) is 5.88 Å². The van der Waals surface area contributed by atoms with Crippen LogP contribution in [-0.2, 0) is 10.7 Å². The molecular formula is C25H27F2N5O4. The third-order valence-electron chi connectivity index (χ3n) is 5.59. The van der Waals surface area contributed by atoms with Gasteiger partial charge in [-0.05, 0) is 36.8 Å². The monoisotopic (exact) mass is 499 g/mol. The average molecular weight is 500 g/mol. The van der Waals surface area contributed by atoms with E-state index < -0.39 is 17.5 Å². The fraction of sp³-hybridized carbons (Fsp3) is 0.360. The van der Waals surface area contributed by atoms with Gasteiger partial charge < -0.3 is 24.8 Å². The SMILES string of the molecule is Cc1ncc(NC(=O)c2ccnc(C(C)(F)F)c2)cc1-c1cc(OCCO)nc(N2CCOCC2)c1. The first kappa shape index (κ1) is 25.4. The van der Waals surface area contributed by atoms with Gasteiger partial charge in [-0.25, -0.2) is 0 Å². The number of carbonyl (C=O) groups is 1. The highest BCUT2D eigenvalue weighted by Gasteiger charge is 2.27. The highest BCUT2D eigenvalue weighted by atomic mass is 19.3. The van der Waals surface area contributed by atoms with Gasteiger partial charge in [-0.15, -0.1) is 0 Å². The number of rotatable bonds is 8. The fourth-order valence-electron chi connectivity index (χ4n) is 3.73. The van der Waals surface area contributed by atoms with Gasteiger partial charge in [0, 0.05) is 49.1 Å². The van der Waals surface area contributed by atoms with Gasteiger partial charge >= 0.3 is 0 Å². The Kier molecular flexibility index (Phi) is 7.70. The number of pyridine rings is 3. The molecule has 0 saturated carbocycles. The summed E-state index contributed by atoms with van der Waals surface area (Å²) in [5.74, 6) is -2.68. The molecule has 4 heterocycles. The Morgan fingerprint density at radius 3 is 2.72 bits per heavy atom. The number of nitrogens with zero attached hydrogens (tertiary/aromatic N) is 4. The van der Waals surface area contributed by atoms with Gasteiger partial charge in [0.25, 0.3) is 11.8 Å². The fourth-order valence-corrected chi connectivity index (χ4v) is 3.73. The van der Waals surface area contributed by atoms with Crippen LogP contribution in [0.1, 0.15) is 28.7 Å². The number of ether oxygens (including phenoxy) is 2. The quantitative estimate of drug-likeness (QED) is 0.485. The second-order valence-electron chi connectivity index (χ2n) is 8.35. The Labute approximate surface area is 207 Å². The van der Waals surface area contributed by atoms with Gasteiger partial charge in [-0.1, -0.05) is 0 Å². The summed E-state index contributed by atoms with van der Waals surface area (Å²) in [5.41, 5.74) is 2.16. The summed E-state index contributed by atoms with van der Waals surface area (Å²) in [5, 5.41) is 11.9. The molecule has 3 aromatic heterocycles. The standard InChI is InChI=1S/C25H27F2N5O4/c1-16-20(18-12-22(32-5-8-35-9-6-32)31-23(13-18)36-10-7-33)14-19(15-29-16)30-24(34)17-3-4-28-21(11-17)25(2,26)27/h3-4,11-15,33H,5-10H2,1-2H3,(H,30,34). The minimum absolute atomic E-state index is 0.0573. The van der Waals surface area contributed by atoms with Gasteiger partial charge in [0.1, 0.15) is 18.1 Å². The van der Waals surface area contributed by atoms with Crippen LogP contribution in [0.25, 0.3) is 11.1 Å². The van der Waals surface area contributed by atoms with Crippen LogP contribution in [0.5, 0.6) is 5.88 Å². The number of morpholine rings is 1. The summed E-state index contributed by atoms with van der Waals surface area (Å²) in [4.78, 5) is 27.5. The molecule has 1 saturated heterocycles. The molecule has 1 aliphatic rings. The molecule has 0 aliphatic carbocycles. The number of aryl methyl sites for hydroxylation is 1. The lowest BCUT2D eigenvalue weighted by Gasteiger charge is -2.28. The molecule has 4 rings (SSSR count). The van der Waals surface area contributed by atoms with Crippen LogP contribution in [-0.4, -0.2) is 65.5 Å². The number of anilines is 2. The summed E-state index contributed by atoms with van der Waals surface area (Å²) in [6.45, 7) is 5.03. The summed E-state index contributed by atoms with van der Waals surface area (Å²) < 4.78 is 38.3. The first-order valence-corrected chi connectivity index (χ1v) is 11.5. The summed E-state index contributed by atoms with van der Waals surface area (Å²) in [7, 11) is 0. The highest BCUT2D eigenvalue weighted by molar-refractivity contribution is 6.04. The van der Waals surface area contributed by atoms with E-state index in [0.29, 0.717) is 49.4 Å². The van der Waals surface area contributed by atoms with Crippen molar-refractivity contribution in [3.05, 3.63) is 59.7 Å². The molecule has 190 valence electrons. The lowest BCUT2D eigenvalue weighted by molar-refractivity contribution is 0.0127. The molecule has 11 heteroatoms. The van der Waals surface area contributed by atoms with Gasteiger partial charge in [-0.3, -0.25) is 14.8 Å². The summed E-state index contributed by atoms with van der Waals surface area (Å²) in [6, 6.07) is 7.85. The molecule has 0 spiro atoms. The molecule has 0 radical (unpaired) electrons. The second-order valence-corrected chi connectivity index (χ2v) is 8.35. The molecule has 2 N–H and O–H groups in total. The molecule has 0 aromatic carbocycles. The predicted molar refractivity (Wildman–Crippen MR) is 130 cm³/mol. The van der Waals surface area contributed by atoms with Crippen molar-refractivity contribution >= 4 is 17.4 Å². The van der Waals surface area contributed by atoms with Gasteiger partial charge in [0.15, 0.2) is 0 Å². The highest BCUT2D eigenvalue weighted by Crippen LogP contribution is 2.31. The number of aliphatic hydroxyl groups is 1. The van der Waals surface area contributed by atoms with Crippen molar-refractivity contribution in [2.24, 2.45) is 0 Å². The first-order valence-electron chi connectivity index (χ1n) is 11.5. The third-order valence-corrected chi connectivity index (χ3v) is 5.59. The topological polar surface area (TPSA) is 110 Å². The van der Waals surface area contributed by atoms with E-state index in [9.17, 15) is 18.7 Å². The number of hydrogen-bond acceptors (Lipinski definition) is 8. The van der Waals surface area contributed by atoms with E-state index in [1.807, 2.05) is 13.0 Å². The number of aliphatic hydroxyl groups excluding tert-OH is 1. The van der Waals surface area contributed by atoms with Crippen molar-refractivity contribution in [1.82, 2.24) is 15.0 Å². The Hall–Kier alpha value is -3.70. The number of carbonyl (C=O) groups excluding carboxylic acids is 1. The van der Waals surface area contributed by atoms with Crippen LogP contribution >= 0.6 is 0 Å². The molecule has 1 amide bonds. The maximum absolute atomic E-state index is 13.6. The van der Waals surface area contributed by atoms with E-state index >= 15 is 0 Å².